The zero-order chi connectivity index (χ0) is 34.7. The molecule has 0 saturated carbocycles. The van der Waals surface area contributed by atoms with Crippen LogP contribution in [-0.2, 0) is 14.9 Å². The van der Waals surface area contributed by atoms with Crippen molar-refractivity contribution in [2.75, 3.05) is 5.75 Å². The predicted molar refractivity (Wildman–Crippen MR) is 202 cm³/mol. The van der Waals surface area contributed by atoms with E-state index in [1.807, 2.05) is 0 Å². The van der Waals surface area contributed by atoms with Gasteiger partial charge in [0.1, 0.15) is 0 Å². The number of aliphatic hydroxyl groups is 1. The zero-order valence-corrected chi connectivity index (χ0v) is 31.2. The molecular formula is C40H73NO5S. The first-order chi connectivity index (χ1) is 22.8. The molecule has 0 aromatic rings. The Morgan fingerprint density at radius 2 is 0.915 bits per heavy atom. The van der Waals surface area contributed by atoms with E-state index < -0.39 is 28.0 Å². The molecule has 0 rings (SSSR count). The number of aliphatic hydroxyl groups excluding tert-OH is 1. The second-order valence-electron chi connectivity index (χ2n) is 13.2. The molecule has 47 heavy (non-hydrogen) atoms. The molecule has 0 fully saturated rings. The van der Waals surface area contributed by atoms with Crippen molar-refractivity contribution >= 4 is 16.0 Å². The van der Waals surface area contributed by atoms with Gasteiger partial charge in [0.05, 0.1) is 17.9 Å². The predicted octanol–water partition coefficient (Wildman–Crippen LogP) is 11.1. The van der Waals surface area contributed by atoms with Crippen molar-refractivity contribution in [2.24, 2.45) is 0 Å². The molecule has 0 heterocycles. The molecule has 0 saturated heterocycles. The lowest BCUT2D eigenvalue weighted by molar-refractivity contribution is -0.122. The fraction of sp³-hybridized carbons (Fsp3) is 0.775. The molecule has 3 N–H and O–H groups in total. The highest BCUT2D eigenvalue weighted by Gasteiger charge is 2.24. The SMILES string of the molecule is CCCCCCC/C=C\CCCCCCCC(=O)NC(CS(=O)(=O)O)C(O)/C=C/CC/C=C/CC/C=C/CCCCCCCCCC. The molecule has 0 aliphatic rings. The highest BCUT2D eigenvalue weighted by molar-refractivity contribution is 7.85. The van der Waals surface area contributed by atoms with Gasteiger partial charge >= 0.3 is 0 Å². The Balaban J connectivity index is 4.07. The van der Waals surface area contributed by atoms with Crippen LogP contribution in [0.25, 0.3) is 0 Å². The normalized spacial score (nSPS) is 13.9. The number of hydrogen-bond donors (Lipinski definition) is 3. The van der Waals surface area contributed by atoms with E-state index in [0.29, 0.717) is 12.8 Å². The van der Waals surface area contributed by atoms with Crippen molar-refractivity contribution in [3.05, 3.63) is 48.6 Å². The second-order valence-corrected chi connectivity index (χ2v) is 14.7. The fourth-order valence-electron chi connectivity index (χ4n) is 5.53. The van der Waals surface area contributed by atoms with Gasteiger partial charge in [-0.05, 0) is 70.6 Å². The average molecular weight is 680 g/mol. The number of hydrogen-bond acceptors (Lipinski definition) is 4. The standard InChI is InChI=1S/C40H73NO5S/c1-3-5-7-9-11-13-15-17-19-20-21-22-23-25-27-29-31-33-35-39(42)38(37-47(44,45)46)41-40(43)36-34-32-30-28-26-24-18-16-14-12-10-8-6-4-2/h16,18,20-21,25,27,33,35,38-39,42H,3-15,17,19,22-24,26,28-32,34,36-37H2,1-2H3,(H,41,43)(H,44,45,46)/b18-16-,21-20+,27-25+,35-33+. The molecule has 0 aromatic carbocycles. The van der Waals surface area contributed by atoms with Gasteiger partial charge in [0, 0.05) is 6.42 Å². The second kappa shape index (κ2) is 34.2. The Kier molecular flexibility index (Phi) is 32.9. The van der Waals surface area contributed by atoms with E-state index in [1.165, 1.54) is 102 Å². The maximum atomic E-state index is 12.5. The lowest BCUT2D eigenvalue weighted by Crippen LogP contribution is -2.46. The molecule has 274 valence electrons. The number of carbonyl (C=O) groups excluding carboxylic acids is 1. The van der Waals surface area contributed by atoms with Crippen LogP contribution >= 0.6 is 0 Å². The van der Waals surface area contributed by atoms with Crippen molar-refractivity contribution in [1.29, 1.82) is 0 Å². The van der Waals surface area contributed by atoms with E-state index in [1.54, 1.807) is 6.08 Å². The maximum Gasteiger partial charge on any atom is 0.267 e. The van der Waals surface area contributed by atoms with Crippen molar-refractivity contribution in [3.63, 3.8) is 0 Å². The Morgan fingerprint density at radius 1 is 0.553 bits per heavy atom. The molecular weight excluding hydrogens is 607 g/mol. The third-order valence-electron chi connectivity index (χ3n) is 8.46. The summed E-state index contributed by atoms with van der Waals surface area (Å²) in [5.41, 5.74) is 0. The van der Waals surface area contributed by atoms with Crippen LogP contribution in [0.2, 0.25) is 0 Å². The van der Waals surface area contributed by atoms with Crippen LogP contribution in [0.5, 0.6) is 0 Å². The number of allylic oxidation sites excluding steroid dienone is 7. The van der Waals surface area contributed by atoms with Crippen molar-refractivity contribution < 1.29 is 22.9 Å². The summed E-state index contributed by atoms with van der Waals surface area (Å²) in [6.07, 6.45) is 45.2. The topological polar surface area (TPSA) is 104 Å². The van der Waals surface area contributed by atoms with Crippen LogP contribution in [0.4, 0.5) is 0 Å². The molecule has 2 atom stereocenters. The van der Waals surface area contributed by atoms with Crippen LogP contribution in [0.15, 0.2) is 48.6 Å². The largest absolute Gasteiger partial charge is 0.387 e. The lowest BCUT2D eigenvalue weighted by atomic mass is 10.1. The number of nitrogens with one attached hydrogen (secondary N) is 1. The first kappa shape index (κ1) is 45.3. The summed E-state index contributed by atoms with van der Waals surface area (Å²) in [5, 5.41) is 13.2. The maximum absolute atomic E-state index is 12.5. The summed E-state index contributed by atoms with van der Waals surface area (Å²) < 4.78 is 32.4. The van der Waals surface area contributed by atoms with E-state index in [4.69, 9.17) is 0 Å². The van der Waals surface area contributed by atoms with Crippen LogP contribution in [-0.4, -0.2) is 41.9 Å². The molecule has 1 amide bonds. The molecule has 0 spiro atoms. The summed E-state index contributed by atoms with van der Waals surface area (Å²) >= 11 is 0. The Bertz CT molecular complexity index is 925. The Labute approximate surface area is 290 Å². The molecule has 0 aliphatic carbocycles. The van der Waals surface area contributed by atoms with Gasteiger partial charge in [-0.3, -0.25) is 9.35 Å². The van der Waals surface area contributed by atoms with Crippen molar-refractivity contribution in [3.8, 4) is 0 Å². The Hall–Kier alpha value is -1.70. The summed E-state index contributed by atoms with van der Waals surface area (Å²) in [5.74, 6) is -1.02. The summed E-state index contributed by atoms with van der Waals surface area (Å²) in [6, 6.07) is -1.08. The van der Waals surface area contributed by atoms with Crippen LogP contribution in [0, 0.1) is 0 Å². The van der Waals surface area contributed by atoms with Gasteiger partial charge in [0.2, 0.25) is 5.91 Å². The molecule has 0 radical (unpaired) electrons. The van der Waals surface area contributed by atoms with E-state index in [9.17, 15) is 22.9 Å². The first-order valence-electron chi connectivity index (χ1n) is 19.3. The van der Waals surface area contributed by atoms with Crippen molar-refractivity contribution in [2.45, 2.75) is 193 Å². The average Bonchev–Trinajstić information content (AvgIpc) is 3.03. The minimum absolute atomic E-state index is 0.273. The van der Waals surface area contributed by atoms with E-state index in [2.05, 4.69) is 55.6 Å². The third-order valence-corrected chi connectivity index (χ3v) is 9.24. The van der Waals surface area contributed by atoms with Gasteiger partial charge in [-0.25, -0.2) is 0 Å². The first-order valence-corrected chi connectivity index (χ1v) is 20.9. The smallest absolute Gasteiger partial charge is 0.267 e. The molecule has 2 unspecified atom stereocenters. The molecule has 6 nitrogen and oxygen atoms in total. The molecule has 0 aromatic heterocycles. The summed E-state index contributed by atoms with van der Waals surface area (Å²) in [6.45, 7) is 4.50. The van der Waals surface area contributed by atoms with Gasteiger partial charge < -0.3 is 10.4 Å². The minimum Gasteiger partial charge on any atom is -0.387 e. The van der Waals surface area contributed by atoms with Crippen molar-refractivity contribution in [1.82, 2.24) is 5.32 Å². The van der Waals surface area contributed by atoms with Gasteiger partial charge in [0.15, 0.2) is 0 Å². The van der Waals surface area contributed by atoms with Gasteiger partial charge in [-0.1, -0.05) is 152 Å². The van der Waals surface area contributed by atoms with Crippen LogP contribution in [0.1, 0.15) is 181 Å². The summed E-state index contributed by atoms with van der Waals surface area (Å²) in [4.78, 5) is 12.5. The van der Waals surface area contributed by atoms with Crippen LogP contribution in [0.3, 0.4) is 0 Å². The highest BCUT2D eigenvalue weighted by Crippen LogP contribution is 2.12. The van der Waals surface area contributed by atoms with Gasteiger partial charge in [-0.15, -0.1) is 0 Å². The fourth-order valence-corrected chi connectivity index (χ4v) is 6.27. The Morgan fingerprint density at radius 3 is 1.34 bits per heavy atom. The third kappa shape index (κ3) is 35.4. The number of carbonyl (C=O) groups is 1. The molecule has 7 heteroatoms. The quantitative estimate of drug-likeness (QED) is 0.0357. The zero-order valence-electron chi connectivity index (χ0n) is 30.4. The monoisotopic (exact) mass is 680 g/mol. The minimum atomic E-state index is -4.36. The van der Waals surface area contributed by atoms with E-state index in [-0.39, 0.29) is 12.3 Å². The van der Waals surface area contributed by atoms with Gasteiger partial charge in [-0.2, -0.15) is 8.42 Å². The number of unbranched alkanes of at least 4 members (excludes halogenated alkanes) is 20. The lowest BCUT2D eigenvalue weighted by Gasteiger charge is -2.21. The summed E-state index contributed by atoms with van der Waals surface area (Å²) in [7, 11) is -4.36. The van der Waals surface area contributed by atoms with E-state index >= 15 is 0 Å². The van der Waals surface area contributed by atoms with E-state index in [0.717, 1.165) is 51.4 Å². The highest BCUT2D eigenvalue weighted by atomic mass is 32.2. The molecule has 0 bridgehead atoms. The number of rotatable bonds is 34. The molecule has 0 aliphatic heterocycles. The number of amides is 1. The van der Waals surface area contributed by atoms with Crippen LogP contribution < -0.4 is 5.32 Å². The van der Waals surface area contributed by atoms with Gasteiger partial charge in [0.25, 0.3) is 10.1 Å².